The topological polar surface area (TPSA) is 88.1 Å². The van der Waals surface area contributed by atoms with Gasteiger partial charge in [0.05, 0.1) is 6.10 Å². The zero-order chi connectivity index (χ0) is 22.5. The molecule has 31 heavy (non-hydrogen) atoms. The first-order chi connectivity index (χ1) is 14.7. The van der Waals surface area contributed by atoms with Gasteiger partial charge in [-0.25, -0.2) is 4.79 Å². The lowest BCUT2D eigenvalue weighted by Gasteiger charge is -2.39. The van der Waals surface area contributed by atoms with Crippen molar-refractivity contribution in [2.75, 3.05) is 19.7 Å². The second-order valence-electron chi connectivity index (χ2n) is 9.73. The molecule has 2 unspecified atom stereocenters. The number of carbonyl (C=O) groups is 2. The number of likely N-dealkylation sites (tertiary alicyclic amines) is 1. The van der Waals surface area contributed by atoms with Gasteiger partial charge in [-0.2, -0.15) is 0 Å². The molecule has 0 radical (unpaired) electrons. The molecule has 2 saturated heterocycles. The van der Waals surface area contributed by atoms with E-state index in [9.17, 15) is 14.7 Å². The molecule has 1 aromatic carbocycles. The van der Waals surface area contributed by atoms with Crippen molar-refractivity contribution < 1.29 is 24.2 Å². The van der Waals surface area contributed by atoms with Gasteiger partial charge in [-0.1, -0.05) is 30.3 Å². The number of carbonyl (C=O) groups excluding carboxylic acids is 1. The minimum Gasteiger partial charge on any atom is -0.465 e. The van der Waals surface area contributed by atoms with Crippen molar-refractivity contribution in [3.05, 3.63) is 35.9 Å². The third-order valence-electron chi connectivity index (χ3n) is 6.15. The second-order valence-corrected chi connectivity index (χ2v) is 9.73. The summed E-state index contributed by atoms with van der Waals surface area (Å²) < 4.78 is 11.7. The standard InChI is InChI=1S/C24H36N2O5/c1-23(2,3)31-20(27)10-7-17-30-21(18-8-5-4-6-9-18)19-11-12-24(25-19)13-15-26(16-14-24)22(28)29/h4-6,8-9,19,21,25H,7,10-17H2,1-3H3,(H,28,29). The van der Waals surface area contributed by atoms with Crippen molar-refractivity contribution in [3.63, 3.8) is 0 Å². The van der Waals surface area contributed by atoms with Gasteiger partial charge in [-0.05, 0) is 58.4 Å². The van der Waals surface area contributed by atoms with Gasteiger partial charge in [0.2, 0.25) is 0 Å². The van der Waals surface area contributed by atoms with E-state index in [0.717, 1.165) is 31.2 Å². The van der Waals surface area contributed by atoms with E-state index in [-0.39, 0.29) is 23.7 Å². The van der Waals surface area contributed by atoms with Crippen LogP contribution in [0.5, 0.6) is 0 Å². The maximum Gasteiger partial charge on any atom is 0.407 e. The van der Waals surface area contributed by atoms with Gasteiger partial charge in [-0.15, -0.1) is 0 Å². The van der Waals surface area contributed by atoms with Crippen LogP contribution in [-0.4, -0.2) is 58.9 Å². The highest BCUT2D eigenvalue weighted by atomic mass is 16.6. The number of nitrogens with zero attached hydrogens (tertiary/aromatic N) is 1. The lowest BCUT2D eigenvalue weighted by molar-refractivity contribution is -0.155. The Morgan fingerprint density at radius 3 is 2.48 bits per heavy atom. The summed E-state index contributed by atoms with van der Waals surface area (Å²) in [5, 5.41) is 13.0. The zero-order valence-electron chi connectivity index (χ0n) is 18.9. The number of rotatable bonds is 7. The predicted molar refractivity (Wildman–Crippen MR) is 118 cm³/mol. The molecule has 2 N–H and O–H groups in total. The first-order valence-corrected chi connectivity index (χ1v) is 11.3. The number of hydrogen-bond acceptors (Lipinski definition) is 5. The molecule has 0 saturated carbocycles. The van der Waals surface area contributed by atoms with Crippen molar-refractivity contribution in [1.82, 2.24) is 10.2 Å². The number of ether oxygens (including phenoxy) is 2. The average Bonchev–Trinajstić information content (AvgIpc) is 3.10. The number of carboxylic acid groups (broad SMARTS) is 1. The van der Waals surface area contributed by atoms with Crippen LogP contribution in [0.3, 0.4) is 0 Å². The summed E-state index contributed by atoms with van der Waals surface area (Å²) in [7, 11) is 0. The Morgan fingerprint density at radius 2 is 1.87 bits per heavy atom. The summed E-state index contributed by atoms with van der Waals surface area (Å²) in [6.07, 6.45) is 3.69. The summed E-state index contributed by atoms with van der Waals surface area (Å²) in [5.74, 6) is -0.199. The minimum atomic E-state index is -0.833. The van der Waals surface area contributed by atoms with E-state index >= 15 is 0 Å². The van der Waals surface area contributed by atoms with Crippen molar-refractivity contribution in [1.29, 1.82) is 0 Å². The van der Waals surface area contributed by atoms with Gasteiger partial charge < -0.3 is 24.8 Å². The number of nitrogens with one attached hydrogen (secondary N) is 1. The lowest BCUT2D eigenvalue weighted by Crippen LogP contribution is -2.53. The van der Waals surface area contributed by atoms with E-state index < -0.39 is 11.7 Å². The van der Waals surface area contributed by atoms with Crippen molar-refractivity contribution in [2.45, 2.75) is 82.6 Å². The number of piperidine rings is 1. The van der Waals surface area contributed by atoms with E-state index in [1.165, 1.54) is 4.90 Å². The molecule has 2 fully saturated rings. The van der Waals surface area contributed by atoms with Crippen LogP contribution in [0.15, 0.2) is 30.3 Å². The normalized spacial score (nSPS) is 21.8. The predicted octanol–water partition coefficient (Wildman–Crippen LogP) is 4.13. The molecular formula is C24H36N2O5. The molecular weight excluding hydrogens is 396 g/mol. The first kappa shape index (κ1) is 23.5. The van der Waals surface area contributed by atoms with Crippen LogP contribution >= 0.6 is 0 Å². The summed E-state index contributed by atoms with van der Waals surface area (Å²) in [4.78, 5) is 24.7. The third kappa shape index (κ3) is 6.68. The number of amides is 1. The fourth-order valence-corrected chi connectivity index (χ4v) is 4.62. The van der Waals surface area contributed by atoms with E-state index in [4.69, 9.17) is 9.47 Å². The summed E-state index contributed by atoms with van der Waals surface area (Å²) in [6.45, 7) is 7.24. The zero-order valence-corrected chi connectivity index (χ0v) is 18.9. The van der Waals surface area contributed by atoms with Gasteiger partial charge in [0.25, 0.3) is 0 Å². The Balaban J connectivity index is 1.57. The maximum absolute atomic E-state index is 12.0. The van der Waals surface area contributed by atoms with Crippen LogP contribution in [0, 0.1) is 0 Å². The highest BCUT2D eigenvalue weighted by Crippen LogP contribution is 2.38. The van der Waals surface area contributed by atoms with Crippen LogP contribution in [0.1, 0.15) is 71.0 Å². The van der Waals surface area contributed by atoms with Crippen LogP contribution in [-0.2, 0) is 14.3 Å². The largest absolute Gasteiger partial charge is 0.465 e. The van der Waals surface area contributed by atoms with E-state index in [1.54, 1.807) is 0 Å². The minimum absolute atomic E-state index is 0.0104. The molecule has 1 spiro atoms. The lowest BCUT2D eigenvalue weighted by atomic mass is 9.86. The van der Waals surface area contributed by atoms with Gasteiger partial charge in [0.15, 0.2) is 0 Å². The Bertz CT molecular complexity index is 738. The molecule has 2 atom stereocenters. The molecule has 0 aliphatic carbocycles. The average molecular weight is 433 g/mol. The highest BCUT2D eigenvalue weighted by molar-refractivity contribution is 5.69. The molecule has 1 amide bonds. The SMILES string of the molecule is CC(C)(C)OC(=O)CCCOC(c1ccccc1)C1CCC2(CCN(C(=O)O)CC2)N1. The van der Waals surface area contributed by atoms with Crippen molar-refractivity contribution in [3.8, 4) is 0 Å². The van der Waals surface area contributed by atoms with Crippen LogP contribution < -0.4 is 5.32 Å². The number of benzene rings is 1. The molecule has 3 rings (SSSR count). The maximum atomic E-state index is 12.0. The molecule has 0 aromatic heterocycles. The van der Waals surface area contributed by atoms with E-state index in [1.807, 2.05) is 39.0 Å². The molecule has 1 aromatic rings. The Hall–Kier alpha value is -2.12. The Morgan fingerprint density at radius 1 is 1.19 bits per heavy atom. The molecule has 2 aliphatic rings. The molecule has 172 valence electrons. The van der Waals surface area contributed by atoms with Gasteiger partial charge >= 0.3 is 12.1 Å². The Kier molecular flexibility index (Phi) is 7.59. The molecule has 7 heteroatoms. The number of esters is 1. The summed E-state index contributed by atoms with van der Waals surface area (Å²) >= 11 is 0. The van der Waals surface area contributed by atoms with Gasteiger partial charge in [-0.3, -0.25) is 4.79 Å². The second kappa shape index (κ2) is 10.0. The van der Waals surface area contributed by atoms with Gasteiger partial charge in [0, 0.05) is 37.7 Å². The third-order valence-corrected chi connectivity index (χ3v) is 6.15. The smallest absolute Gasteiger partial charge is 0.407 e. The Labute approximate surface area is 185 Å². The van der Waals surface area contributed by atoms with Crippen LogP contribution in [0.4, 0.5) is 4.79 Å². The molecule has 0 bridgehead atoms. The van der Waals surface area contributed by atoms with Crippen LogP contribution in [0.25, 0.3) is 0 Å². The monoisotopic (exact) mass is 432 g/mol. The van der Waals surface area contributed by atoms with E-state index in [0.29, 0.717) is 32.5 Å². The summed E-state index contributed by atoms with van der Waals surface area (Å²) in [6, 6.07) is 10.4. The molecule has 2 heterocycles. The highest BCUT2D eigenvalue weighted by Gasteiger charge is 2.44. The van der Waals surface area contributed by atoms with Crippen molar-refractivity contribution in [2.24, 2.45) is 0 Å². The number of hydrogen-bond donors (Lipinski definition) is 2. The first-order valence-electron chi connectivity index (χ1n) is 11.3. The fraction of sp³-hybridized carbons (Fsp3) is 0.667. The summed E-state index contributed by atoms with van der Waals surface area (Å²) in [5.41, 5.74) is 0.643. The van der Waals surface area contributed by atoms with Gasteiger partial charge in [0.1, 0.15) is 5.60 Å². The van der Waals surface area contributed by atoms with Crippen LogP contribution in [0.2, 0.25) is 0 Å². The molecule has 2 aliphatic heterocycles. The van der Waals surface area contributed by atoms with E-state index in [2.05, 4.69) is 17.4 Å². The molecule has 7 nitrogen and oxygen atoms in total. The quantitative estimate of drug-likeness (QED) is 0.498. The fourth-order valence-electron chi connectivity index (χ4n) is 4.62. The van der Waals surface area contributed by atoms with Crippen molar-refractivity contribution >= 4 is 12.1 Å².